The molecule has 3 aliphatic rings. The third-order valence-electron chi connectivity index (χ3n) is 15.1. The molecular formula is C54H105O3P. The van der Waals surface area contributed by atoms with Crippen molar-refractivity contribution in [3.63, 3.8) is 0 Å². The van der Waals surface area contributed by atoms with E-state index in [2.05, 4.69) is 20.8 Å². The quantitative estimate of drug-likeness (QED) is 0.0456. The minimum atomic E-state index is -1.39. The van der Waals surface area contributed by atoms with Crippen molar-refractivity contribution in [2.45, 2.75) is 346 Å². The number of hydrogen-bond donors (Lipinski definition) is 0. The van der Waals surface area contributed by atoms with Crippen LogP contribution < -0.4 is 0 Å². The summed E-state index contributed by atoms with van der Waals surface area (Å²) in [5, 5.41) is 0. The Labute approximate surface area is 366 Å². The Kier molecular flexibility index (Phi) is 31.6. The zero-order valence-electron chi connectivity index (χ0n) is 40.1. The molecule has 344 valence electrons. The highest BCUT2D eigenvalue weighted by molar-refractivity contribution is 7.41. The third kappa shape index (κ3) is 24.2. The maximum atomic E-state index is 7.64. The van der Waals surface area contributed by atoms with Gasteiger partial charge in [-0.2, -0.15) is 0 Å². The van der Waals surface area contributed by atoms with E-state index < -0.39 is 8.60 Å². The highest BCUT2D eigenvalue weighted by Gasteiger charge is 2.45. The predicted octanol–water partition coefficient (Wildman–Crippen LogP) is 20.3. The van der Waals surface area contributed by atoms with E-state index in [4.69, 9.17) is 13.6 Å². The highest BCUT2D eigenvalue weighted by atomic mass is 31.2. The maximum Gasteiger partial charge on any atom is 0.334 e. The summed E-state index contributed by atoms with van der Waals surface area (Å²) in [6, 6.07) is 0. The fourth-order valence-corrected chi connectivity index (χ4v) is 13.0. The summed E-state index contributed by atoms with van der Waals surface area (Å²) in [6.45, 7) is 6.97. The Balaban J connectivity index is 1.65. The van der Waals surface area contributed by atoms with Crippen LogP contribution >= 0.6 is 8.60 Å². The van der Waals surface area contributed by atoms with Gasteiger partial charge in [0.25, 0.3) is 0 Å². The van der Waals surface area contributed by atoms with Gasteiger partial charge < -0.3 is 13.6 Å². The smallest absolute Gasteiger partial charge is 0.306 e. The Morgan fingerprint density at radius 1 is 0.259 bits per heavy atom. The van der Waals surface area contributed by atoms with E-state index in [1.54, 1.807) is 0 Å². The van der Waals surface area contributed by atoms with Gasteiger partial charge in [0, 0.05) is 0 Å². The van der Waals surface area contributed by atoms with Crippen LogP contribution in [0, 0.1) is 0 Å². The van der Waals surface area contributed by atoms with Gasteiger partial charge >= 0.3 is 8.60 Å². The van der Waals surface area contributed by atoms with Crippen molar-refractivity contribution >= 4 is 8.60 Å². The van der Waals surface area contributed by atoms with E-state index in [-0.39, 0.29) is 16.8 Å². The molecule has 4 heteroatoms. The number of hydrogen-bond acceptors (Lipinski definition) is 3. The molecule has 0 atom stereocenters. The molecule has 0 saturated heterocycles. The van der Waals surface area contributed by atoms with E-state index in [9.17, 15) is 0 Å². The summed E-state index contributed by atoms with van der Waals surface area (Å²) in [4.78, 5) is 0. The molecule has 3 saturated carbocycles. The van der Waals surface area contributed by atoms with Gasteiger partial charge in [-0.15, -0.1) is 0 Å². The van der Waals surface area contributed by atoms with Crippen molar-refractivity contribution in [2.24, 2.45) is 0 Å². The average Bonchev–Trinajstić information content (AvgIpc) is 3.24. The third-order valence-corrected chi connectivity index (χ3v) is 16.7. The largest absolute Gasteiger partial charge is 0.334 e. The molecule has 0 aliphatic heterocycles. The molecule has 0 radical (unpaired) electrons. The second-order valence-corrected chi connectivity index (χ2v) is 21.5. The molecule has 3 nitrogen and oxygen atoms in total. The highest BCUT2D eigenvalue weighted by Crippen LogP contribution is 2.59. The molecule has 0 bridgehead atoms. The van der Waals surface area contributed by atoms with Crippen LogP contribution in [0.1, 0.15) is 329 Å². The van der Waals surface area contributed by atoms with E-state index in [1.807, 2.05) is 0 Å². The molecule has 58 heavy (non-hydrogen) atoms. The van der Waals surface area contributed by atoms with Crippen LogP contribution in [0.25, 0.3) is 0 Å². The monoisotopic (exact) mass is 833 g/mol. The first-order valence-corrected chi connectivity index (χ1v) is 28.6. The molecule has 0 amide bonds. The van der Waals surface area contributed by atoms with Crippen molar-refractivity contribution < 1.29 is 13.6 Å². The fourth-order valence-electron chi connectivity index (χ4n) is 11.1. The summed E-state index contributed by atoms with van der Waals surface area (Å²) < 4.78 is 22.9. The maximum absolute atomic E-state index is 7.64. The first-order valence-electron chi connectivity index (χ1n) is 27.5. The van der Waals surface area contributed by atoms with Gasteiger partial charge in [0.05, 0.1) is 16.8 Å². The van der Waals surface area contributed by atoms with E-state index in [0.29, 0.717) is 0 Å². The molecule has 0 aromatic rings. The Hall–Kier alpha value is 0.310. The molecule has 3 aliphatic carbocycles. The van der Waals surface area contributed by atoms with Crippen molar-refractivity contribution in [3.8, 4) is 0 Å². The Bertz CT molecular complexity index is 775. The molecule has 0 spiro atoms. The average molecular weight is 833 g/mol. The second kappa shape index (κ2) is 34.8. The normalized spacial score (nSPS) is 19.2. The standard InChI is InChI=1S/C54H105O3P/c1-4-7-10-13-16-19-22-25-28-34-43-52(46-37-31-38-47-52)55-58(56-53(48-39-32-40-49-53)44-35-29-26-23-20-17-14-11-8-5-2)57-54(50-41-33-42-51-54)45-36-30-27-24-21-18-15-12-9-6-3/h4-51H2,1-3H3. The summed E-state index contributed by atoms with van der Waals surface area (Å²) in [5.74, 6) is 0. The second-order valence-electron chi connectivity index (χ2n) is 20.5. The SMILES string of the molecule is CCCCCCCCCCCCC1(OP(OC2(CCCCCCCCCCCC)CCCCC2)OC2(CCCCCCCCCCCC)CCCCC2)CCCCC1. The number of rotatable bonds is 39. The van der Waals surface area contributed by atoms with Crippen LogP contribution in [0.4, 0.5) is 0 Å². The fraction of sp³-hybridized carbons (Fsp3) is 1.00. The summed E-state index contributed by atoms with van der Waals surface area (Å²) in [6.07, 6.45) is 64.9. The molecule has 0 aromatic heterocycles. The van der Waals surface area contributed by atoms with Gasteiger partial charge in [0.15, 0.2) is 0 Å². The summed E-state index contributed by atoms with van der Waals surface area (Å²) in [7, 11) is -1.39. The lowest BCUT2D eigenvalue weighted by Crippen LogP contribution is -2.40. The zero-order valence-corrected chi connectivity index (χ0v) is 41.0. The minimum Gasteiger partial charge on any atom is -0.306 e. The van der Waals surface area contributed by atoms with Crippen LogP contribution in [-0.2, 0) is 13.6 Å². The Morgan fingerprint density at radius 2 is 0.448 bits per heavy atom. The lowest BCUT2D eigenvalue weighted by Gasteiger charge is -2.46. The van der Waals surface area contributed by atoms with Gasteiger partial charge in [0.1, 0.15) is 0 Å². The first-order chi connectivity index (χ1) is 28.6. The molecule has 0 N–H and O–H groups in total. The zero-order chi connectivity index (χ0) is 41.1. The van der Waals surface area contributed by atoms with Crippen LogP contribution in [0.3, 0.4) is 0 Å². The van der Waals surface area contributed by atoms with Crippen molar-refractivity contribution in [1.82, 2.24) is 0 Å². The van der Waals surface area contributed by atoms with Crippen molar-refractivity contribution in [2.75, 3.05) is 0 Å². The van der Waals surface area contributed by atoms with Gasteiger partial charge in [-0.1, -0.05) is 271 Å². The lowest BCUT2D eigenvalue weighted by molar-refractivity contribution is -0.0795. The first kappa shape index (κ1) is 52.7. The van der Waals surface area contributed by atoms with Gasteiger partial charge in [0.2, 0.25) is 0 Å². The lowest BCUT2D eigenvalue weighted by atomic mass is 9.81. The van der Waals surface area contributed by atoms with Gasteiger partial charge in [-0.25, -0.2) is 0 Å². The summed E-state index contributed by atoms with van der Waals surface area (Å²) in [5.41, 5.74) is -0.113. The van der Waals surface area contributed by atoms with Crippen LogP contribution in [-0.4, -0.2) is 16.8 Å². The van der Waals surface area contributed by atoms with E-state index >= 15 is 0 Å². The molecule has 0 unspecified atom stereocenters. The number of unbranched alkanes of at least 4 members (excludes halogenated alkanes) is 27. The topological polar surface area (TPSA) is 27.7 Å². The van der Waals surface area contributed by atoms with Crippen molar-refractivity contribution in [3.05, 3.63) is 0 Å². The van der Waals surface area contributed by atoms with Crippen molar-refractivity contribution in [1.29, 1.82) is 0 Å². The Morgan fingerprint density at radius 3 is 0.655 bits per heavy atom. The van der Waals surface area contributed by atoms with Gasteiger partial charge in [-0.05, 0) is 57.8 Å². The predicted molar refractivity (Wildman–Crippen MR) is 257 cm³/mol. The molecule has 0 heterocycles. The van der Waals surface area contributed by atoms with E-state index in [0.717, 1.165) is 0 Å². The van der Waals surface area contributed by atoms with E-state index in [1.165, 1.54) is 308 Å². The molecular weight excluding hydrogens is 728 g/mol. The summed E-state index contributed by atoms with van der Waals surface area (Å²) >= 11 is 0. The van der Waals surface area contributed by atoms with Crippen LogP contribution in [0.5, 0.6) is 0 Å². The molecule has 0 aromatic carbocycles. The molecule has 3 rings (SSSR count). The van der Waals surface area contributed by atoms with Crippen LogP contribution in [0.15, 0.2) is 0 Å². The molecule has 3 fully saturated rings. The van der Waals surface area contributed by atoms with Crippen LogP contribution in [0.2, 0.25) is 0 Å². The van der Waals surface area contributed by atoms with Gasteiger partial charge in [-0.3, -0.25) is 0 Å². The minimum absolute atomic E-state index is 0.0376.